The van der Waals surface area contributed by atoms with Crippen molar-refractivity contribution in [1.82, 2.24) is 24.8 Å². The predicted octanol–water partition coefficient (Wildman–Crippen LogP) is 3.48. The van der Waals surface area contributed by atoms with Gasteiger partial charge in [-0.1, -0.05) is 24.3 Å². The van der Waals surface area contributed by atoms with Gasteiger partial charge >= 0.3 is 6.03 Å². The Morgan fingerprint density at radius 2 is 1.86 bits per heavy atom. The van der Waals surface area contributed by atoms with Gasteiger partial charge in [0.15, 0.2) is 0 Å². The lowest BCUT2D eigenvalue weighted by Crippen LogP contribution is -2.47. The van der Waals surface area contributed by atoms with Gasteiger partial charge in [0, 0.05) is 48.9 Å². The average Bonchev–Trinajstić information content (AvgIpc) is 3.54. The number of nitrogens with one attached hydrogen (secondary N) is 2. The molecule has 0 unspecified atom stereocenters. The fourth-order valence-corrected chi connectivity index (χ4v) is 5.23. The predicted molar refractivity (Wildman–Crippen MR) is 138 cm³/mol. The first kappa shape index (κ1) is 23.0. The first-order chi connectivity index (χ1) is 17.6. The number of carbonyl (C=O) groups excluding carboxylic acids is 1. The molecule has 9 heteroatoms. The zero-order valence-electron chi connectivity index (χ0n) is 20.6. The monoisotopic (exact) mass is 488 g/mol. The molecular weight excluding hydrogens is 456 g/mol. The Balaban J connectivity index is 1.28. The van der Waals surface area contributed by atoms with E-state index in [1.54, 1.807) is 6.20 Å². The summed E-state index contributed by atoms with van der Waals surface area (Å²) in [7, 11) is 0. The van der Waals surface area contributed by atoms with Gasteiger partial charge in [0.2, 0.25) is 5.95 Å². The van der Waals surface area contributed by atoms with Crippen LogP contribution in [0, 0.1) is 6.92 Å². The van der Waals surface area contributed by atoms with Gasteiger partial charge in [0.1, 0.15) is 5.65 Å². The molecule has 2 N–H and O–H groups in total. The Labute approximate surface area is 209 Å². The topological polar surface area (TPSA) is 101 Å². The average molecular weight is 489 g/mol. The van der Waals surface area contributed by atoms with Gasteiger partial charge in [0.05, 0.1) is 12.6 Å². The molecule has 188 valence electrons. The van der Waals surface area contributed by atoms with Crippen molar-refractivity contribution in [3.8, 4) is 11.1 Å². The van der Waals surface area contributed by atoms with Crippen molar-refractivity contribution in [1.29, 1.82) is 0 Å². The lowest BCUT2D eigenvalue weighted by molar-refractivity contribution is 0.183. The molecule has 1 atom stereocenters. The first-order valence-electron chi connectivity index (χ1n) is 12.9. The van der Waals surface area contributed by atoms with E-state index in [9.17, 15) is 9.59 Å². The number of aryl methyl sites for hydroxylation is 1. The molecule has 4 heterocycles. The minimum atomic E-state index is -0.0556. The van der Waals surface area contributed by atoms with Crippen LogP contribution in [0.1, 0.15) is 43.7 Å². The minimum Gasteiger partial charge on any atom is -0.379 e. The van der Waals surface area contributed by atoms with Crippen molar-refractivity contribution in [3.05, 3.63) is 52.4 Å². The maximum atomic E-state index is 13.8. The van der Waals surface area contributed by atoms with Gasteiger partial charge < -0.3 is 20.3 Å². The quantitative estimate of drug-likeness (QED) is 0.570. The molecule has 3 fully saturated rings. The van der Waals surface area contributed by atoms with Gasteiger partial charge in [-0.3, -0.25) is 9.36 Å². The second-order valence-corrected chi connectivity index (χ2v) is 10.2. The van der Waals surface area contributed by atoms with Crippen LogP contribution >= 0.6 is 0 Å². The summed E-state index contributed by atoms with van der Waals surface area (Å²) in [4.78, 5) is 37.4. The van der Waals surface area contributed by atoms with E-state index in [0.717, 1.165) is 48.6 Å². The standard InChI is InChI=1S/C27H32N6O3/c1-17-4-2-3-5-22(17)23-14-18-15-28-26(31-24(18)33(25(23)34)21-10-13-36-16-21)29-20-8-11-32(12-9-20)27(35)30-19-6-7-19/h2-5,14-15,19-21H,6-13,16H2,1H3,(H,30,35)(H,28,29,31)/t21-/m1/s1. The number of fused-ring (bicyclic) bond motifs is 1. The van der Waals surface area contributed by atoms with Crippen LogP contribution in [0.2, 0.25) is 0 Å². The van der Waals surface area contributed by atoms with Crippen molar-refractivity contribution in [3.63, 3.8) is 0 Å². The van der Waals surface area contributed by atoms with E-state index in [0.29, 0.717) is 49.5 Å². The zero-order valence-corrected chi connectivity index (χ0v) is 20.6. The number of rotatable bonds is 5. The molecule has 9 nitrogen and oxygen atoms in total. The van der Waals surface area contributed by atoms with Gasteiger partial charge in [-0.05, 0) is 56.2 Å². The van der Waals surface area contributed by atoms with E-state index in [1.807, 2.05) is 46.7 Å². The van der Waals surface area contributed by atoms with Gasteiger partial charge in [-0.25, -0.2) is 9.78 Å². The van der Waals surface area contributed by atoms with E-state index in [1.165, 1.54) is 0 Å². The number of nitrogens with zero attached hydrogens (tertiary/aromatic N) is 4. The molecule has 0 spiro atoms. The summed E-state index contributed by atoms with van der Waals surface area (Å²) in [6.45, 7) is 4.56. The number of hydrogen-bond donors (Lipinski definition) is 2. The van der Waals surface area contributed by atoms with E-state index in [2.05, 4.69) is 15.6 Å². The SMILES string of the molecule is Cc1ccccc1-c1cc2cnc(NC3CCN(C(=O)NC4CC4)CC3)nc2n([C@@H]2CCOC2)c1=O. The Morgan fingerprint density at radius 3 is 2.58 bits per heavy atom. The number of hydrogen-bond acceptors (Lipinski definition) is 6. The van der Waals surface area contributed by atoms with Crippen LogP contribution < -0.4 is 16.2 Å². The molecule has 36 heavy (non-hydrogen) atoms. The molecule has 0 radical (unpaired) electrons. The summed E-state index contributed by atoms with van der Waals surface area (Å²) in [6, 6.07) is 10.4. The summed E-state index contributed by atoms with van der Waals surface area (Å²) in [5.74, 6) is 0.513. The molecule has 2 saturated heterocycles. The smallest absolute Gasteiger partial charge is 0.317 e. The summed E-state index contributed by atoms with van der Waals surface area (Å²) < 4.78 is 7.44. The molecule has 6 rings (SSSR count). The third-order valence-electron chi connectivity index (χ3n) is 7.50. The Hall–Kier alpha value is -3.46. The first-order valence-corrected chi connectivity index (χ1v) is 12.9. The molecule has 1 saturated carbocycles. The molecule has 3 aliphatic rings. The van der Waals surface area contributed by atoms with Crippen molar-refractivity contribution >= 4 is 23.0 Å². The fraction of sp³-hybridized carbons (Fsp3) is 0.481. The number of carbonyl (C=O) groups is 1. The maximum Gasteiger partial charge on any atom is 0.317 e. The lowest BCUT2D eigenvalue weighted by Gasteiger charge is -2.32. The van der Waals surface area contributed by atoms with Crippen molar-refractivity contribution in [2.45, 2.75) is 57.2 Å². The van der Waals surface area contributed by atoms with Crippen LogP contribution in [-0.4, -0.2) is 63.9 Å². The highest BCUT2D eigenvalue weighted by molar-refractivity contribution is 5.82. The number of pyridine rings is 1. The van der Waals surface area contributed by atoms with E-state index in [4.69, 9.17) is 9.72 Å². The number of ether oxygens (including phenoxy) is 1. The van der Waals surface area contributed by atoms with Crippen molar-refractivity contribution in [2.24, 2.45) is 0 Å². The zero-order chi connectivity index (χ0) is 24.6. The number of likely N-dealkylation sites (tertiary alicyclic amines) is 1. The van der Waals surface area contributed by atoms with Gasteiger partial charge in [0.25, 0.3) is 5.56 Å². The number of amides is 2. The normalized spacial score (nSPS) is 20.6. The van der Waals surface area contributed by atoms with Gasteiger partial charge in [-0.2, -0.15) is 4.98 Å². The van der Waals surface area contributed by atoms with Crippen LogP contribution in [0.4, 0.5) is 10.7 Å². The Bertz CT molecular complexity index is 1340. The molecule has 1 aliphatic carbocycles. The minimum absolute atomic E-state index is 0.0464. The second-order valence-electron chi connectivity index (χ2n) is 10.2. The fourth-order valence-electron chi connectivity index (χ4n) is 5.23. The summed E-state index contributed by atoms with van der Waals surface area (Å²) >= 11 is 0. The van der Waals surface area contributed by atoms with Crippen LogP contribution in [-0.2, 0) is 4.74 Å². The summed E-state index contributed by atoms with van der Waals surface area (Å²) in [5, 5.41) is 7.35. The van der Waals surface area contributed by atoms with E-state index >= 15 is 0 Å². The number of aromatic nitrogens is 3. The molecule has 2 aromatic heterocycles. The Kier molecular flexibility index (Phi) is 6.08. The molecule has 1 aromatic carbocycles. The highest BCUT2D eigenvalue weighted by atomic mass is 16.5. The third-order valence-corrected chi connectivity index (χ3v) is 7.50. The molecule has 3 aromatic rings. The molecule has 2 amide bonds. The van der Waals surface area contributed by atoms with Crippen molar-refractivity contribution < 1.29 is 9.53 Å². The third kappa shape index (κ3) is 4.55. The largest absolute Gasteiger partial charge is 0.379 e. The summed E-state index contributed by atoms with van der Waals surface area (Å²) in [5.41, 5.74) is 3.23. The second kappa shape index (κ2) is 9.54. The van der Waals surface area contributed by atoms with Gasteiger partial charge in [-0.15, -0.1) is 0 Å². The molecule has 2 aliphatic heterocycles. The number of piperidine rings is 1. The van der Waals surface area contributed by atoms with E-state index < -0.39 is 0 Å². The number of urea groups is 1. The highest BCUT2D eigenvalue weighted by Gasteiger charge is 2.29. The van der Waals surface area contributed by atoms with Crippen LogP contribution in [0.5, 0.6) is 0 Å². The van der Waals surface area contributed by atoms with Crippen LogP contribution in [0.25, 0.3) is 22.2 Å². The molecule has 0 bridgehead atoms. The number of benzene rings is 1. The Morgan fingerprint density at radius 1 is 1.06 bits per heavy atom. The van der Waals surface area contributed by atoms with E-state index in [-0.39, 0.29) is 23.7 Å². The van der Waals surface area contributed by atoms with Crippen molar-refractivity contribution in [2.75, 3.05) is 31.6 Å². The summed E-state index contributed by atoms with van der Waals surface area (Å²) in [6.07, 6.45) is 6.42. The van der Waals surface area contributed by atoms with Crippen LogP contribution in [0.15, 0.2) is 41.3 Å². The lowest BCUT2D eigenvalue weighted by atomic mass is 10.0. The van der Waals surface area contributed by atoms with Crippen LogP contribution in [0.3, 0.4) is 0 Å². The maximum absolute atomic E-state index is 13.8. The highest BCUT2D eigenvalue weighted by Crippen LogP contribution is 2.28. The number of anilines is 1. The molecular formula is C27H32N6O3.